The molecule has 2 unspecified atom stereocenters. The number of cyclic esters (lactones) is 1. The molecule has 1 aliphatic rings. The molecule has 2 nitrogen and oxygen atoms in total. The fourth-order valence-electron chi connectivity index (χ4n) is 1.93. The third-order valence-corrected chi connectivity index (χ3v) is 2.47. The van der Waals surface area contributed by atoms with E-state index in [4.69, 9.17) is 4.74 Å². The van der Waals surface area contributed by atoms with Gasteiger partial charge in [-0.25, -0.2) is 4.79 Å². The Hall–Kier alpha value is -0.790. The topological polar surface area (TPSA) is 26.3 Å². The minimum atomic E-state index is -0.157. The summed E-state index contributed by atoms with van der Waals surface area (Å²) >= 11 is 0. The van der Waals surface area contributed by atoms with Crippen molar-refractivity contribution >= 4 is 5.97 Å². The molecule has 0 bridgehead atoms. The van der Waals surface area contributed by atoms with Crippen LogP contribution in [0.3, 0.4) is 0 Å². The molecule has 0 amide bonds. The quantitative estimate of drug-likeness (QED) is 0.635. The maximum absolute atomic E-state index is 11.2. The zero-order chi connectivity index (χ0) is 10.9. The van der Waals surface area contributed by atoms with E-state index >= 15 is 0 Å². The molecule has 14 heavy (non-hydrogen) atoms. The third-order valence-electron chi connectivity index (χ3n) is 2.47. The molecule has 1 heterocycles. The molecule has 1 aliphatic heterocycles. The molecule has 0 aliphatic carbocycles. The van der Waals surface area contributed by atoms with Crippen LogP contribution in [0.25, 0.3) is 0 Å². The van der Waals surface area contributed by atoms with E-state index in [-0.39, 0.29) is 17.5 Å². The van der Waals surface area contributed by atoms with Crippen LogP contribution in [0, 0.1) is 11.3 Å². The first kappa shape index (κ1) is 11.3. The maximum atomic E-state index is 11.2. The second-order valence-electron chi connectivity index (χ2n) is 5.46. The van der Waals surface area contributed by atoms with Gasteiger partial charge in [-0.3, -0.25) is 0 Å². The van der Waals surface area contributed by atoms with Crippen molar-refractivity contribution in [2.24, 2.45) is 11.3 Å². The van der Waals surface area contributed by atoms with Crippen LogP contribution in [0.4, 0.5) is 0 Å². The highest BCUT2D eigenvalue weighted by Crippen LogP contribution is 2.30. The highest BCUT2D eigenvalue weighted by atomic mass is 16.5. The predicted molar refractivity (Wildman–Crippen MR) is 56.9 cm³/mol. The summed E-state index contributed by atoms with van der Waals surface area (Å²) in [6.45, 7) is 10.6. The molecular formula is C12H20O2. The summed E-state index contributed by atoms with van der Waals surface area (Å²) in [7, 11) is 0. The average Bonchev–Trinajstić information content (AvgIpc) is 2.28. The van der Waals surface area contributed by atoms with Crippen LogP contribution in [0.5, 0.6) is 0 Å². The molecule has 0 radical (unpaired) electrons. The molecule has 0 aromatic carbocycles. The van der Waals surface area contributed by atoms with Gasteiger partial charge in [0.25, 0.3) is 0 Å². The molecule has 0 saturated carbocycles. The van der Waals surface area contributed by atoms with Crippen molar-refractivity contribution in [1.29, 1.82) is 0 Å². The lowest BCUT2D eigenvalue weighted by molar-refractivity contribution is -0.141. The first-order chi connectivity index (χ1) is 6.29. The Balaban J connectivity index is 2.56. The van der Waals surface area contributed by atoms with Gasteiger partial charge in [-0.15, -0.1) is 0 Å². The van der Waals surface area contributed by atoms with Gasteiger partial charge in [0, 0.05) is 5.57 Å². The predicted octanol–water partition coefficient (Wildman–Crippen LogP) is 2.93. The van der Waals surface area contributed by atoms with Crippen molar-refractivity contribution in [3.8, 4) is 0 Å². The second kappa shape index (κ2) is 3.76. The van der Waals surface area contributed by atoms with Crippen molar-refractivity contribution in [2.75, 3.05) is 0 Å². The van der Waals surface area contributed by atoms with Gasteiger partial charge in [-0.1, -0.05) is 27.7 Å². The van der Waals surface area contributed by atoms with Crippen LogP contribution in [0.1, 0.15) is 41.0 Å². The Labute approximate surface area is 86.3 Å². The van der Waals surface area contributed by atoms with E-state index in [0.717, 1.165) is 12.0 Å². The lowest BCUT2D eigenvalue weighted by atomic mass is 9.83. The molecule has 0 saturated heterocycles. The van der Waals surface area contributed by atoms with E-state index in [1.54, 1.807) is 0 Å². The molecule has 2 atom stereocenters. The van der Waals surface area contributed by atoms with Crippen LogP contribution in [-0.2, 0) is 9.53 Å². The first-order valence-corrected chi connectivity index (χ1v) is 5.19. The fraction of sp³-hybridized carbons (Fsp3) is 0.750. The third kappa shape index (κ3) is 2.86. The normalized spacial score (nSPS) is 24.5. The molecule has 1 rings (SSSR count). The second-order valence-corrected chi connectivity index (χ2v) is 5.46. The van der Waals surface area contributed by atoms with Gasteiger partial charge in [0.05, 0.1) is 0 Å². The van der Waals surface area contributed by atoms with Gasteiger partial charge in [0.15, 0.2) is 0 Å². The summed E-state index contributed by atoms with van der Waals surface area (Å²) in [5, 5.41) is 0. The molecule has 0 aromatic rings. The van der Waals surface area contributed by atoms with Crippen LogP contribution in [0.15, 0.2) is 11.6 Å². The van der Waals surface area contributed by atoms with Crippen LogP contribution in [-0.4, -0.2) is 12.1 Å². The van der Waals surface area contributed by atoms with Crippen molar-refractivity contribution in [2.45, 2.75) is 47.1 Å². The van der Waals surface area contributed by atoms with E-state index in [1.165, 1.54) is 0 Å². The summed E-state index contributed by atoms with van der Waals surface area (Å²) in [5.41, 5.74) is 1.03. The van der Waals surface area contributed by atoms with Crippen molar-refractivity contribution in [3.63, 3.8) is 0 Å². The van der Waals surface area contributed by atoms with Gasteiger partial charge < -0.3 is 4.74 Å². The minimum absolute atomic E-state index is 0.0123. The Morgan fingerprint density at radius 3 is 2.43 bits per heavy atom. The summed E-state index contributed by atoms with van der Waals surface area (Å²) < 4.78 is 5.25. The highest BCUT2D eigenvalue weighted by Gasteiger charge is 2.29. The number of ether oxygens (including phenoxy) is 1. The largest absolute Gasteiger partial charge is 0.454 e. The minimum Gasteiger partial charge on any atom is -0.454 e. The van der Waals surface area contributed by atoms with Crippen LogP contribution in [0.2, 0.25) is 0 Å². The SMILES string of the molecule is CC1=CC(C(C)CC(C)(C)C)OC1=O. The Morgan fingerprint density at radius 1 is 1.50 bits per heavy atom. The fourth-order valence-corrected chi connectivity index (χ4v) is 1.93. The van der Waals surface area contributed by atoms with E-state index in [0.29, 0.717) is 5.92 Å². The Bertz CT molecular complexity index is 258. The van der Waals surface area contributed by atoms with E-state index in [1.807, 2.05) is 13.0 Å². The van der Waals surface area contributed by atoms with Crippen molar-refractivity contribution in [3.05, 3.63) is 11.6 Å². The van der Waals surface area contributed by atoms with Gasteiger partial charge in [-0.2, -0.15) is 0 Å². The molecule has 2 heteroatoms. The van der Waals surface area contributed by atoms with Gasteiger partial charge in [0.2, 0.25) is 0 Å². The molecule has 0 aromatic heterocycles. The summed E-state index contributed by atoms with van der Waals surface area (Å²) in [4.78, 5) is 11.2. The molecule has 0 fully saturated rings. The number of carbonyl (C=O) groups is 1. The zero-order valence-corrected chi connectivity index (χ0v) is 9.76. The molecule has 0 N–H and O–H groups in total. The molecular weight excluding hydrogens is 176 g/mol. The molecule has 80 valence electrons. The standard InChI is InChI=1S/C12H20O2/c1-8-6-10(14-11(8)13)9(2)7-12(3,4)5/h6,9-10H,7H2,1-5H3. The van der Waals surface area contributed by atoms with E-state index < -0.39 is 0 Å². The Morgan fingerprint density at radius 2 is 2.07 bits per heavy atom. The lowest BCUT2D eigenvalue weighted by Crippen LogP contribution is -2.22. The van der Waals surface area contributed by atoms with Gasteiger partial charge >= 0.3 is 5.97 Å². The summed E-state index contributed by atoms with van der Waals surface area (Å²) in [6.07, 6.45) is 3.00. The van der Waals surface area contributed by atoms with E-state index in [2.05, 4.69) is 27.7 Å². The summed E-state index contributed by atoms with van der Waals surface area (Å²) in [5.74, 6) is 0.243. The number of carbonyl (C=O) groups excluding carboxylic acids is 1. The van der Waals surface area contributed by atoms with Gasteiger partial charge in [0.1, 0.15) is 6.10 Å². The first-order valence-electron chi connectivity index (χ1n) is 5.19. The van der Waals surface area contributed by atoms with Gasteiger partial charge in [-0.05, 0) is 30.8 Å². The number of rotatable bonds is 2. The van der Waals surface area contributed by atoms with Crippen LogP contribution < -0.4 is 0 Å². The summed E-state index contributed by atoms with van der Waals surface area (Å²) in [6, 6.07) is 0. The number of hydrogen-bond donors (Lipinski definition) is 0. The maximum Gasteiger partial charge on any atom is 0.334 e. The lowest BCUT2D eigenvalue weighted by Gasteiger charge is -2.25. The molecule has 0 spiro atoms. The van der Waals surface area contributed by atoms with Crippen LogP contribution >= 0.6 is 0 Å². The number of hydrogen-bond acceptors (Lipinski definition) is 2. The highest BCUT2D eigenvalue weighted by molar-refractivity contribution is 5.90. The monoisotopic (exact) mass is 196 g/mol. The zero-order valence-electron chi connectivity index (χ0n) is 9.76. The van der Waals surface area contributed by atoms with Crippen molar-refractivity contribution in [1.82, 2.24) is 0 Å². The Kier molecular flexibility index (Phi) is 3.03. The van der Waals surface area contributed by atoms with E-state index in [9.17, 15) is 4.79 Å². The number of esters is 1. The smallest absolute Gasteiger partial charge is 0.334 e. The average molecular weight is 196 g/mol. The van der Waals surface area contributed by atoms with Crippen molar-refractivity contribution < 1.29 is 9.53 Å².